The molecule has 0 bridgehead atoms. The molecule has 0 radical (unpaired) electrons. The summed E-state index contributed by atoms with van der Waals surface area (Å²) in [5, 5.41) is 0. The molecule has 0 unspecified atom stereocenters. The van der Waals surface area contributed by atoms with Crippen molar-refractivity contribution in [3.63, 3.8) is 0 Å². The molecule has 0 aliphatic heterocycles. The van der Waals surface area contributed by atoms with E-state index in [0.717, 1.165) is 19.6 Å². The summed E-state index contributed by atoms with van der Waals surface area (Å²) in [5.41, 5.74) is 6.13. The highest BCUT2D eigenvalue weighted by Crippen LogP contribution is 2.44. The van der Waals surface area contributed by atoms with Crippen LogP contribution in [0.4, 0.5) is 0 Å². The standard InChI is InChI=1S/C9H18N2/c1-3-6-11(2)8-9(7-10)4-5-9/h3H,1,4-8,10H2,2H3. The van der Waals surface area contributed by atoms with Crippen molar-refractivity contribution in [1.82, 2.24) is 4.90 Å². The zero-order valence-electron chi connectivity index (χ0n) is 7.34. The molecule has 1 fully saturated rings. The van der Waals surface area contributed by atoms with Gasteiger partial charge in [0.25, 0.3) is 0 Å². The zero-order valence-corrected chi connectivity index (χ0v) is 7.34. The quantitative estimate of drug-likeness (QED) is 0.595. The summed E-state index contributed by atoms with van der Waals surface area (Å²) in [5.74, 6) is 0. The topological polar surface area (TPSA) is 29.3 Å². The van der Waals surface area contributed by atoms with Crippen LogP contribution in [0.5, 0.6) is 0 Å². The fourth-order valence-corrected chi connectivity index (χ4v) is 1.46. The number of nitrogens with zero attached hydrogens (tertiary/aromatic N) is 1. The fourth-order valence-electron chi connectivity index (χ4n) is 1.46. The van der Waals surface area contributed by atoms with Crippen LogP contribution in [0.2, 0.25) is 0 Å². The molecule has 0 heterocycles. The van der Waals surface area contributed by atoms with Crippen molar-refractivity contribution in [2.45, 2.75) is 12.8 Å². The van der Waals surface area contributed by atoms with Crippen molar-refractivity contribution < 1.29 is 0 Å². The molecule has 2 nitrogen and oxygen atoms in total. The zero-order chi connectivity index (χ0) is 8.32. The Labute approximate surface area is 69.1 Å². The predicted molar refractivity (Wildman–Crippen MR) is 48.4 cm³/mol. The minimum atomic E-state index is 0.470. The van der Waals surface area contributed by atoms with Gasteiger partial charge in [0.05, 0.1) is 0 Å². The van der Waals surface area contributed by atoms with Gasteiger partial charge in [0, 0.05) is 13.1 Å². The third kappa shape index (κ3) is 2.31. The molecule has 2 N–H and O–H groups in total. The number of hydrogen-bond acceptors (Lipinski definition) is 2. The van der Waals surface area contributed by atoms with E-state index in [1.54, 1.807) is 0 Å². The van der Waals surface area contributed by atoms with Gasteiger partial charge in [-0.3, -0.25) is 0 Å². The van der Waals surface area contributed by atoms with Crippen molar-refractivity contribution in [1.29, 1.82) is 0 Å². The average Bonchev–Trinajstić information content (AvgIpc) is 2.70. The van der Waals surface area contributed by atoms with Crippen molar-refractivity contribution in [2.24, 2.45) is 11.1 Å². The smallest absolute Gasteiger partial charge is 0.0157 e. The maximum atomic E-state index is 5.66. The van der Waals surface area contributed by atoms with Crippen LogP contribution in [0.25, 0.3) is 0 Å². The first-order valence-electron chi connectivity index (χ1n) is 4.22. The molecular weight excluding hydrogens is 136 g/mol. The maximum absolute atomic E-state index is 5.66. The van der Waals surface area contributed by atoms with Crippen molar-refractivity contribution in [3.05, 3.63) is 12.7 Å². The SMILES string of the molecule is C=CCN(C)CC1(CN)CC1. The Morgan fingerprint density at radius 3 is 2.64 bits per heavy atom. The lowest BCUT2D eigenvalue weighted by atomic mass is 10.1. The highest BCUT2D eigenvalue weighted by atomic mass is 15.1. The fraction of sp³-hybridized carbons (Fsp3) is 0.778. The van der Waals surface area contributed by atoms with Crippen LogP contribution in [0.15, 0.2) is 12.7 Å². The van der Waals surface area contributed by atoms with Gasteiger partial charge in [-0.15, -0.1) is 6.58 Å². The summed E-state index contributed by atoms with van der Waals surface area (Å²) in [7, 11) is 2.12. The van der Waals surface area contributed by atoms with Gasteiger partial charge >= 0.3 is 0 Å². The van der Waals surface area contributed by atoms with E-state index < -0.39 is 0 Å². The van der Waals surface area contributed by atoms with E-state index in [0.29, 0.717) is 5.41 Å². The minimum Gasteiger partial charge on any atom is -0.330 e. The van der Waals surface area contributed by atoms with Crippen molar-refractivity contribution >= 4 is 0 Å². The third-order valence-corrected chi connectivity index (χ3v) is 2.44. The normalized spacial score (nSPS) is 20.3. The molecule has 1 aliphatic rings. The van der Waals surface area contributed by atoms with Crippen LogP contribution >= 0.6 is 0 Å². The van der Waals surface area contributed by atoms with E-state index in [2.05, 4.69) is 18.5 Å². The Morgan fingerprint density at radius 2 is 2.27 bits per heavy atom. The summed E-state index contributed by atoms with van der Waals surface area (Å²) in [6, 6.07) is 0. The maximum Gasteiger partial charge on any atom is 0.0157 e. The van der Waals surface area contributed by atoms with Gasteiger partial charge in [-0.05, 0) is 31.8 Å². The minimum absolute atomic E-state index is 0.470. The van der Waals surface area contributed by atoms with Crippen LogP contribution < -0.4 is 5.73 Å². The molecule has 1 rings (SSSR count). The summed E-state index contributed by atoms with van der Waals surface area (Å²) in [4.78, 5) is 2.28. The molecule has 0 aromatic carbocycles. The van der Waals surface area contributed by atoms with Crippen LogP contribution in [-0.2, 0) is 0 Å². The molecule has 0 saturated heterocycles. The van der Waals surface area contributed by atoms with E-state index in [4.69, 9.17) is 5.73 Å². The number of hydrogen-bond donors (Lipinski definition) is 1. The monoisotopic (exact) mass is 154 g/mol. The van der Waals surface area contributed by atoms with Gasteiger partial charge in [0.1, 0.15) is 0 Å². The van der Waals surface area contributed by atoms with Crippen LogP contribution in [0.3, 0.4) is 0 Å². The van der Waals surface area contributed by atoms with Crippen LogP contribution in [-0.4, -0.2) is 31.6 Å². The van der Waals surface area contributed by atoms with Crippen LogP contribution in [0, 0.1) is 5.41 Å². The van der Waals surface area contributed by atoms with E-state index >= 15 is 0 Å². The molecule has 64 valence electrons. The summed E-state index contributed by atoms with van der Waals surface area (Å²) in [6.45, 7) is 6.65. The van der Waals surface area contributed by atoms with Gasteiger partial charge in [0.15, 0.2) is 0 Å². The van der Waals surface area contributed by atoms with Gasteiger partial charge < -0.3 is 10.6 Å². The first-order valence-corrected chi connectivity index (χ1v) is 4.22. The highest BCUT2D eigenvalue weighted by Gasteiger charge is 2.41. The lowest BCUT2D eigenvalue weighted by Gasteiger charge is -2.20. The second kappa shape index (κ2) is 3.37. The second-order valence-corrected chi connectivity index (χ2v) is 3.69. The van der Waals surface area contributed by atoms with E-state index in [1.165, 1.54) is 12.8 Å². The third-order valence-electron chi connectivity index (χ3n) is 2.44. The van der Waals surface area contributed by atoms with Gasteiger partial charge in [0.2, 0.25) is 0 Å². The molecule has 11 heavy (non-hydrogen) atoms. The average molecular weight is 154 g/mol. The number of rotatable bonds is 5. The lowest BCUT2D eigenvalue weighted by molar-refractivity contribution is 0.289. The Kier molecular flexibility index (Phi) is 2.68. The summed E-state index contributed by atoms with van der Waals surface area (Å²) < 4.78 is 0. The molecule has 2 heteroatoms. The van der Waals surface area contributed by atoms with Gasteiger partial charge in [-0.1, -0.05) is 6.08 Å². The molecule has 0 aromatic rings. The van der Waals surface area contributed by atoms with Crippen molar-refractivity contribution in [2.75, 3.05) is 26.7 Å². The Hall–Kier alpha value is -0.340. The first-order chi connectivity index (χ1) is 5.22. The molecular formula is C9H18N2. The Morgan fingerprint density at radius 1 is 1.64 bits per heavy atom. The Balaban J connectivity index is 2.23. The largest absolute Gasteiger partial charge is 0.330 e. The summed E-state index contributed by atoms with van der Waals surface area (Å²) in [6.07, 6.45) is 4.56. The highest BCUT2D eigenvalue weighted by molar-refractivity contribution is 4.96. The first kappa shape index (κ1) is 8.75. The molecule has 0 atom stereocenters. The van der Waals surface area contributed by atoms with E-state index in [-0.39, 0.29) is 0 Å². The molecule has 1 aliphatic carbocycles. The summed E-state index contributed by atoms with van der Waals surface area (Å²) >= 11 is 0. The number of nitrogens with two attached hydrogens (primary N) is 1. The van der Waals surface area contributed by atoms with E-state index in [1.807, 2.05) is 6.08 Å². The molecule has 1 saturated carbocycles. The van der Waals surface area contributed by atoms with Crippen LogP contribution in [0.1, 0.15) is 12.8 Å². The molecule has 0 amide bonds. The molecule has 0 spiro atoms. The number of likely N-dealkylation sites (N-methyl/N-ethyl adjacent to an activating group) is 1. The lowest BCUT2D eigenvalue weighted by Crippen LogP contribution is -2.31. The van der Waals surface area contributed by atoms with Crippen molar-refractivity contribution in [3.8, 4) is 0 Å². The Bertz CT molecular complexity index is 138. The molecule has 0 aromatic heterocycles. The van der Waals surface area contributed by atoms with E-state index in [9.17, 15) is 0 Å². The van der Waals surface area contributed by atoms with Gasteiger partial charge in [-0.25, -0.2) is 0 Å². The van der Waals surface area contributed by atoms with Gasteiger partial charge in [-0.2, -0.15) is 0 Å². The second-order valence-electron chi connectivity index (χ2n) is 3.69. The predicted octanol–water partition coefficient (Wildman–Crippen LogP) is 0.843.